The molecule has 1 saturated heterocycles. The third-order valence-electron chi connectivity index (χ3n) is 6.93. The summed E-state index contributed by atoms with van der Waals surface area (Å²) in [5.74, 6) is -0.481. The van der Waals surface area contributed by atoms with Gasteiger partial charge < -0.3 is 35.7 Å². The normalized spacial score (nSPS) is 27.7. The summed E-state index contributed by atoms with van der Waals surface area (Å²) in [6.07, 6.45) is 5.25. The van der Waals surface area contributed by atoms with Crippen molar-refractivity contribution in [3.63, 3.8) is 0 Å². The Morgan fingerprint density at radius 3 is 2.82 bits per heavy atom. The third kappa shape index (κ3) is 8.32. The molecule has 39 heavy (non-hydrogen) atoms. The minimum Gasteiger partial charge on any atom is -0.587 e. The summed E-state index contributed by atoms with van der Waals surface area (Å²) in [5, 5.41) is 2.83. The van der Waals surface area contributed by atoms with Gasteiger partial charge in [0.2, 0.25) is 5.03 Å². The number of halogens is 3. The number of nitrogens with two attached hydrogens (primary N) is 2. The SMILES string of the molecule is CC1(C)CC2CN1/C(N)=C(/C=C\CN/C=C\OCCC1(C(F)(F)F)CC1)C(=O)N[S+]([O-])C(N)=CC=NCCO2. The Morgan fingerprint density at radius 1 is 1.38 bits per heavy atom. The van der Waals surface area contributed by atoms with Crippen LogP contribution in [0.25, 0.3) is 0 Å². The Hall–Kier alpha value is -2.84. The molecule has 2 atom stereocenters. The first kappa shape index (κ1) is 30.7. The molecule has 1 saturated carbocycles. The van der Waals surface area contributed by atoms with Crippen LogP contribution in [0.5, 0.6) is 0 Å². The second-order valence-corrected chi connectivity index (χ2v) is 11.5. The van der Waals surface area contributed by atoms with E-state index < -0.39 is 34.4 Å². The number of fused-ring (bicyclic) bond motifs is 2. The molecule has 2 fully saturated rings. The first-order valence-electron chi connectivity index (χ1n) is 12.7. The van der Waals surface area contributed by atoms with E-state index in [1.54, 1.807) is 6.08 Å². The van der Waals surface area contributed by atoms with Crippen LogP contribution < -0.4 is 21.5 Å². The number of hydrogen-bond acceptors (Lipinski definition) is 9. The van der Waals surface area contributed by atoms with Gasteiger partial charge in [0.05, 0.1) is 43.1 Å². The maximum Gasteiger partial charge on any atom is 0.394 e. The third-order valence-corrected chi connectivity index (χ3v) is 7.86. The highest BCUT2D eigenvalue weighted by atomic mass is 32.2. The van der Waals surface area contributed by atoms with Crippen molar-refractivity contribution < 1.29 is 32.0 Å². The number of rotatable bonds is 8. The van der Waals surface area contributed by atoms with Gasteiger partial charge in [-0.2, -0.15) is 17.9 Å². The zero-order valence-corrected chi connectivity index (χ0v) is 22.9. The summed E-state index contributed by atoms with van der Waals surface area (Å²) in [6, 6.07) is 0. The van der Waals surface area contributed by atoms with E-state index in [1.807, 2.05) is 18.7 Å². The molecule has 14 heteroatoms. The lowest BCUT2D eigenvalue weighted by atomic mass is 10.0. The molecule has 0 aromatic rings. The van der Waals surface area contributed by atoms with Crippen molar-refractivity contribution in [3.05, 3.63) is 47.1 Å². The largest absolute Gasteiger partial charge is 0.587 e. The van der Waals surface area contributed by atoms with E-state index in [0.717, 1.165) is 0 Å². The van der Waals surface area contributed by atoms with Crippen molar-refractivity contribution in [2.45, 2.75) is 57.3 Å². The topological polar surface area (TPSA) is 150 Å². The van der Waals surface area contributed by atoms with E-state index in [-0.39, 0.29) is 54.9 Å². The number of hydrogen-bond donors (Lipinski definition) is 4. The molecule has 2 unspecified atom stereocenters. The molecular weight excluding hydrogens is 537 g/mol. The van der Waals surface area contributed by atoms with Crippen molar-refractivity contribution in [2.24, 2.45) is 21.9 Å². The summed E-state index contributed by atoms with van der Waals surface area (Å²) >= 11 is -2.01. The number of aliphatic imine (C=N–C) groups is 1. The fraction of sp³-hybridized carbons (Fsp3) is 0.600. The second-order valence-electron chi connectivity index (χ2n) is 10.3. The molecule has 3 rings (SSSR count). The van der Waals surface area contributed by atoms with Gasteiger partial charge in [-0.15, -0.1) is 0 Å². The molecule has 2 heterocycles. The summed E-state index contributed by atoms with van der Waals surface area (Å²) in [6.45, 7) is 5.47. The van der Waals surface area contributed by atoms with Crippen LogP contribution in [0.2, 0.25) is 0 Å². The molecule has 2 bridgehead atoms. The Balaban J connectivity index is 1.64. The lowest BCUT2D eigenvalue weighted by molar-refractivity contribution is -0.190. The average Bonchev–Trinajstić information content (AvgIpc) is 3.59. The lowest BCUT2D eigenvalue weighted by Crippen LogP contribution is -2.43. The van der Waals surface area contributed by atoms with E-state index in [0.29, 0.717) is 26.1 Å². The second kappa shape index (κ2) is 13.0. The first-order valence-corrected chi connectivity index (χ1v) is 13.8. The fourth-order valence-electron chi connectivity index (χ4n) is 4.43. The van der Waals surface area contributed by atoms with Gasteiger partial charge in [0.15, 0.2) is 0 Å². The van der Waals surface area contributed by atoms with Crippen LogP contribution in [0, 0.1) is 5.41 Å². The van der Waals surface area contributed by atoms with Crippen LogP contribution in [0.15, 0.2) is 52.1 Å². The number of allylic oxidation sites excluding steroid dienone is 1. The summed E-state index contributed by atoms with van der Waals surface area (Å²) in [5.41, 5.74) is 10.4. The van der Waals surface area contributed by atoms with E-state index in [1.165, 1.54) is 30.8 Å². The number of nitrogens with zero attached hydrogens (tertiary/aromatic N) is 2. The summed E-state index contributed by atoms with van der Waals surface area (Å²) in [7, 11) is 0. The van der Waals surface area contributed by atoms with Gasteiger partial charge in [-0.25, -0.2) is 0 Å². The van der Waals surface area contributed by atoms with E-state index in [2.05, 4.69) is 15.0 Å². The van der Waals surface area contributed by atoms with Gasteiger partial charge in [0, 0.05) is 37.1 Å². The number of carbonyl (C=O) groups is 1. The van der Waals surface area contributed by atoms with Gasteiger partial charge in [-0.3, -0.25) is 9.79 Å². The fourth-order valence-corrected chi connectivity index (χ4v) is 5.01. The number of nitrogens with one attached hydrogen (secondary N) is 2. The maximum absolute atomic E-state index is 13.1. The van der Waals surface area contributed by atoms with E-state index in [4.69, 9.17) is 20.9 Å². The van der Waals surface area contributed by atoms with Crippen molar-refractivity contribution >= 4 is 23.5 Å². The van der Waals surface area contributed by atoms with Crippen LogP contribution in [0.1, 0.15) is 39.5 Å². The van der Waals surface area contributed by atoms with Gasteiger partial charge in [0.25, 0.3) is 5.91 Å². The smallest absolute Gasteiger partial charge is 0.394 e. The van der Waals surface area contributed by atoms with E-state index >= 15 is 0 Å². The molecule has 0 aromatic heterocycles. The molecule has 2 aliphatic heterocycles. The number of alkyl halides is 3. The number of carbonyl (C=O) groups excluding carboxylic acids is 1. The zero-order valence-electron chi connectivity index (χ0n) is 22.1. The van der Waals surface area contributed by atoms with Gasteiger partial charge in [0.1, 0.15) is 17.2 Å². The summed E-state index contributed by atoms with van der Waals surface area (Å²) < 4.78 is 64.9. The predicted octanol–water partition coefficient (Wildman–Crippen LogP) is 2.06. The van der Waals surface area contributed by atoms with Crippen LogP contribution in [0.3, 0.4) is 0 Å². The van der Waals surface area contributed by atoms with Crippen molar-refractivity contribution in [2.75, 3.05) is 32.8 Å². The highest BCUT2D eigenvalue weighted by Crippen LogP contribution is 2.59. The quantitative estimate of drug-likeness (QED) is 0.196. The van der Waals surface area contributed by atoms with Crippen LogP contribution in [-0.4, -0.2) is 72.2 Å². The minimum absolute atomic E-state index is 0.0337. The molecule has 1 amide bonds. The highest BCUT2D eigenvalue weighted by Gasteiger charge is 2.62. The molecule has 0 aromatic carbocycles. The standard InChI is InChI=1S/C25H37F3N6O4S/c1-23(2)16-18-17-34(23)21(30)19(22(35)33-39(36)20(29)5-10-32-12-15-38-18)4-3-9-31-11-14-37-13-8-24(6-7-24)25(26,27)28/h3-5,10-11,14,18,31H,6-9,12-13,15-17,29-30H2,1-2H3,(H,33,35)/b4-3-,14-11-,20-5?,21-19-,32-10?. The number of amides is 1. The Kier molecular flexibility index (Phi) is 10.2. The Morgan fingerprint density at radius 2 is 2.13 bits per heavy atom. The maximum atomic E-state index is 13.1. The van der Waals surface area contributed by atoms with Crippen LogP contribution in [0.4, 0.5) is 13.2 Å². The van der Waals surface area contributed by atoms with Gasteiger partial charge in [-0.1, -0.05) is 6.08 Å². The molecule has 10 nitrogen and oxygen atoms in total. The van der Waals surface area contributed by atoms with Crippen molar-refractivity contribution in [3.8, 4) is 0 Å². The zero-order chi connectivity index (χ0) is 28.7. The molecule has 0 radical (unpaired) electrons. The summed E-state index contributed by atoms with van der Waals surface area (Å²) in [4.78, 5) is 19.1. The highest BCUT2D eigenvalue weighted by molar-refractivity contribution is 7.93. The Bertz CT molecular complexity index is 1020. The molecule has 0 spiro atoms. The molecule has 3 aliphatic rings. The van der Waals surface area contributed by atoms with Crippen LogP contribution >= 0.6 is 0 Å². The molecule has 218 valence electrons. The molecule has 6 N–H and O–H groups in total. The average molecular weight is 575 g/mol. The first-order chi connectivity index (χ1) is 18.4. The monoisotopic (exact) mass is 574 g/mol. The number of ether oxygens (including phenoxy) is 2. The van der Waals surface area contributed by atoms with Gasteiger partial charge in [-0.05, 0) is 45.6 Å². The lowest BCUT2D eigenvalue weighted by Gasteiger charge is -2.34. The Labute approximate surface area is 229 Å². The van der Waals surface area contributed by atoms with Crippen molar-refractivity contribution in [1.82, 2.24) is 14.9 Å². The van der Waals surface area contributed by atoms with Crippen molar-refractivity contribution in [1.29, 1.82) is 0 Å². The van der Waals surface area contributed by atoms with Crippen LogP contribution in [-0.2, 0) is 25.6 Å². The van der Waals surface area contributed by atoms with Gasteiger partial charge >= 0.3 is 6.18 Å². The predicted molar refractivity (Wildman–Crippen MR) is 143 cm³/mol. The van der Waals surface area contributed by atoms with E-state index in [9.17, 15) is 22.5 Å². The molecular formula is C25H37F3N6O4S. The minimum atomic E-state index is -4.20. The molecule has 1 aliphatic carbocycles.